The molecule has 1 fully saturated rings. The first-order valence-electron chi connectivity index (χ1n) is 7.10. The molecule has 0 radical (unpaired) electrons. The van der Waals surface area contributed by atoms with Gasteiger partial charge >= 0.3 is 6.09 Å². The van der Waals surface area contributed by atoms with Crippen molar-refractivity contribution in [2.24, 2.45) is 0 Å². The fraction of sp³-hybridized carbons (Fsp3) is 0.571. The van der Waals surface area contributed by atoms with E-state index in [2.05, 4.69) is 20.9 Å². The van der Waals surface area contributed by atoms with Gasteiger partial charge in [-0.05, 0) is 41.0 Å². The van der Waals surface area contributed by atoms with Crippen LogP contribution in [-0.4, -0.2) is 53.2 Å². The van der Waals surface area contributed by atoms with Crippen molar-refractivity contribution < 1.29 is 18.7 Å². The zero-order valence-corrected chi connectivity index (χ0v) is 13.6. The van der Waals surface area contributed by atoms with E-state index in [-0.39, 0.29) is 12.8 Å². The number of likely N-dealkylation sites (tertiary alicyclic amines) is 1. The van der Waals surface area contributed by atoms with Crippen molar-refractivity contribution in [2.45, 2.75) is 25.2 Å². The Hall–Kier alpha value is -1.28. The quantitative estimate of drug-likeness (QED) is 0.798. The second-order valence-electron chi connectivity index (χ2n) is 5.32. The molecule has 1 aliphatic heterocycles. The van der Waals surface area contributed by atoms with Gasteiger partial charge in [-0.15, -0.1) is 0 Å². The predicted octanol–water partition coefficient (Wildman–Crippen LogP) is 3.45. The van der Waals surface area contributed by atoms with E-state index < -0.39 is 12.0 Å². The molecule has 0 atom stereocenters. The first-order valence-corrected chi connectivity index (χ1v) is 7.89. The third-order valence-electron chi connectivity index (χ3n) is 3.70. The molecule has 2 heterocycles. The smallest absolute Gasteiger partial charge is 0.411 e. The van der Waals surface area contributed by atoms with E-state index >= 15 is 0 Å². The standard InChI is InChI=1S/C14H18BrF2N3O2/c15-12-3-2-11(10-18-12)20(13(21)22)7-1-6-19-8-4-14(16,17)5-9-19/h2-3,10H,1,4-9H2,(H,21,22). The first-order chi connectivity index (χ1) is 10.4. The lowest BCUT2D eigenvalue weighted by molar-refractivity contribution is -0.0550. The molecule has 8 heteroatoms. The van der Waals surface area contributed by atoms with Gasteiger partial charge in [0, 0.05) is 32.5 Å². The highest BCUT2D eigenvalue weighted by molar-refractivity contribution is 9.10. The Labute approximate surface area is 136 Å². The van der Waals surface area contributed by atoms with Crippen LogP contribution in [0.15, 0.2) is 22.9 Å². The lowest BCUT2D eigenvalue weighted by atomic mass is 10.1. The maximum Gasteiger partial charge on any atom is 0.411 e. The average Bonchev–Trinajstić information content (AvgIpc) is 2.46. The Morgan fingerprint density at radius 2 is 2.09 bits per heavy atom. The molecule has 1 aliphatic rings. The largest absolute Gasteiger partial charge is 0.465 e. The number of aromatic nitrogens is 1. The molecule has 5 nitrogen and oxygen atoms in total. The van der Waals surface area contributed by atoms with E-state index in [1.807, 2.05) is 4.90 Å². The highest BCUT2D eigenvalue weighted by Gasteiger charge is 2.33. The molecular formula is C14H18BrF2N3O2. The van der Waals surface area contributed by atoms with E-state index in [9.17, 15) is 18.7 Å². The van der Waals surface area contributed by atoms with E-state index in [0.29, 0.717) is 42.9 Å². The normalized spacial score (nSPS) is 18.1. The summed E-state index contributed by atoms with van der Waals surface area (Å²) in [5.41, 5.74) is 0.501. The molecule has 0 spiro atoms. The molecular weight excluding hydrogens is 360 g/mol. The van der Waals surface area contributed by atoms with E-state index in [1.165, 1.54) is 11.1 Å². The number of anilines is 1. The summed E-state index contributed by atoms with van der Waals surface area (Å²) in [7, 11) is 0. The zero-order valence-electron chi connectivity index (χ0n) is 12.0. The fourth-order valence-corrected chi connectivity index (χ4v) is 2.65. The van der Waals surface area contributed by atoms with Crippen molar-refractivity contribution in [1.29, 1.82) is 0 Å². The van der Waals surface area contributed by atoms with Crippen molar-refractivity contribution in [3.63, 3.8) is 0 Å². The van der Waals surface area contributed by atoms with Crippen LogP contribution in [0.2, 0.25) is 0 Å². The Morgan fingerprint density at radius 1 is 1.41 bits per heavy atom. The summed E-state index contributed by atoms with van der Waals surface area (Å²) in [4.78, 5) is 18.5. The van der Waals surface area contributed by atoms with Gasteiger partial charge in [0.25, 0.3) is 5.92 Å². The molecule has 1 N–H and O–H groups in total. The lowest BCUT2D eigenvalue weighted by Gasteiger charge is -2.32. The molecule has 1 saturated heterocycles. The van der Waals surface area contributed by atoms with Gasteiger partial charge in [-0.25, -0.2) is 18.6 Å². The van der Waals surface area contributed by atoms with E-state index in [0.717, 1.165) is 0 Å². The van der Waals surface area contributed by atoms with Crippen LogP contribution < -0.4 is 4.90 Å². The van der Waals surface area contributed by atoms with Gasteiger partial charge in [0.15, 0.2) is 0 Å². The molecule has 2 rings (SSSR count). The highest BCUT2D eigenvalue weighted by Crippen LogP contribution is 2.27. The van der Waals surface area contributed by atoms with Gasteiger partial charge in [0.05, 0.1) is 11.9 Å². The van der Waals surface area contributed by atoms with Gasteiger partial charge in [-0.2, -0.15) is 0 Å². The summed E-state index contributed by atoms with van der Waals surface area (Å²) < 4.78 is 26.8. The van der Waals surface area contributed by atoms with Crippen LogP contribution in [0.5, 0.6) is 0 Å². The molecule has 0 aliphatic carbocycles. The van der Waals surface area contributed by atoms with Crippen LogP contribution in [0.25, 0.3) is 0 Å². The number of carboxylic acid groups (broad SMARTS) is 1. The summed E-state index contributed by atoms with van der Waals surface area (Å²) >= 11 is 3.20. The van der Waals surface area contributed by atoms with Crippen LogP contribution in [0.1, 0.15) is 19.3 Å². The Bertz CT molecular complexity index is 503. The summed E-state index contributed by atoms with van der Waals surface area (Å²) in [6, 6.07) is 3.35. The second-order valence-corrected chi connectivity index (χ2v) is 6.14. The minimum absolute atomic E-state index is 0.119. The predicted molar refractivity (Wildman–Crippen MR) is 82.5 cm³/mol. The number of alkyl halides is 2. The van der Waals surface area contributed by atoms with E-state index in [1.54, 1.807) is 12.1 Å². The lowest BCUT2D eigenvalue weighted by Crippen LogP contribution is -2.41. The molecule has 0 saturated carbocycles. The number of amides is 1. The first kappa shape index (κ1) is 17.1. The van der Waals surface area contributed by atoms with Crippen molar-refractivity contribution in [3.05, 3.63) is 22.9 Å². The molecule has 1 aromatic rings. The molecule has 22 heavy (non-hydrogen) atoms. The average molecular weight is 378 g/mol. The molecule has 1 amide bonds. The van der Waals surface area contributed by atoms with Gasteiger partial charge in [0.1, 0.15) is 4.60 Å². The number of halogens is 3. The molecule has 0 bridgehead atoms. The van der Waals surface area contributed by atoms with Crippen LogP contribution in [0, 0.1) is 0 Å². The minimum atomic E-state index is -2.55. The van der Waals surface area contributed by atoms with Gasteiger partial charge in [0.2, 0.25) is 0 Å². The molecule has 1 aromatic heterocycles. The second kappa shape index (κ2) is 7.32. The van der Waals surface area contributed by atoms with E-state index in [4.69, 9.17) is 0 Å². The van der Waals surface area contributed by atoms with Crippen LogP contribution >= 0.6 is 15.9 Å². The SMILES string of the molecule is O=C(O)N(CCCN1CCC(F)(F)CC1)c1ccc(Br)nc1. The highest BCUT2D eigenvalue weighted by atomic mass is 79.9. The number of carbonyl (C=O) groups is 1. The summed E-state index contributed by atoms with van der Waals surface area (Å²) in [6.07, 6.45) is 0.792. The van der Waals surface area contributed by atoms with Gasteiger partial charge in [-0.1, -0.05) is 0 Å². The van der Waals surface area contributed by atoms with Gasteiger partial charge in [-0.3, -0.25) is 4.90 Å². The summed E-state index contributed by atoms with van der Waals surface area (Å²) in [6.45, 7) is 1.65. The number of hydrogen-bond donors (Lipinski definition) is 1. The number of nitrogens with zero attached hydrogens (tertiary/aromatic N) is 3. The number of pyridine rings is 1. The summed E-state index contributed by atoms with van der Waals surface area (Å²) in [5, 5.41) is 9.28. The third kappa shape index (κ3) is 4.88. The number of rotatable bonds is 5. The fourth-order valence-electron chi connectivity index (χ4n) is 2.42. The number of piperidine rings is 1. The van der Waals surface area contributed by atoms with Crippen molar-refractivity contribution >= 4 is 27.7 Å². The van der Waals surface area contributed by atoms with Gasteiger partial charge < -0.3 is 10.0 Å². The number of hydrogen-bond acceptors (Lipinski definition) is 3. The molecule has 122 valence electrons. The summed E-state index contributed by atoms with van der Waals surface area (Å²) in [5.74, 6) is -2.55. The maximum absolute atomic E-state index is 13.1. The maximum atomic E-state index is 13.1. The minimum Gasteiger partial charge on any atom is -0.465 e. The van der Waals surface area contributed by atoms with Crippen LogP contribution in [-0.2, 0) is 0 Å². The third-order valence-corrected chi connectivity index (χ3v) is 4.17. The zero-order chi connectivity index (χ0) is 16.2. The van der Waals surface area contributed by atoms with Crippen LogP contribution in [0.4, 0.5) is 19.3 Å². The Kier molecular flexibility index (Phi) is 5.69. The Balaban J connectivity index is 1.83. The topological polar surface area (TPSA) is 56.7 Å². The Morgan fingerprint density at radius 3 is 2.64 bits per heavy atom. The van der Waals surface area contributed by atoms with Crippen molar-refractivity contribution in [3.8, 4) is 0 Å². The van der Waals surface area contributed by atoms with Crippen molar-refractivity contribution in [2.75, 3.05) is 31.1 Å². The van der Waals surface area contributed by atoms with Crippen molar-refractivity contribution in [1.82, 2.24) is 9.88 Å². The molecule has 0 unspecified atom stereocenters. The monoisotopic (exact) mass is 377 g/mol. The molecule has 0 aromatic carbocycles. The van der Waals surface area contributed by atoms with Crippen LogP contribution in [0.3, 0.4) is 0 Å².